The molecule has 1 amide bonds. The number of hydrogen-bond donors (Lipinski definition) is 1. The Morgan fingerprint density at radius 2 is 1.96 bits per heavy atom. The number of carbonyl (C=O) groups excluding carboxylic acids is 1. The minimum Gasteiger partial charge on any atom is -0.345 e. The molecule has 0 unspecified atom stereocenters. The highest BCUT2D eigenvalue weighted by molar-refractivity contribution is 9.10. The minimum absolute atomic E-state index is 0.104. The molecule has 6 heteroatoms. The third kappa shape index (κ3) is 3.55. The lowest BCUT2D eigenvalue weighted by Crippen LogP contribution is -2.26. The quantitative estimate of drug-likeness (QED) is 0.684. The molecule has 1 N–H and O–H groups in total. The highest BCUT2D eigenvalue weighted by Crippen LogP contribution is 2.28. The van der Waals surface area contributed by atoms with Gasteiger partial charge in [-0.25, -0.2) is 4.98 Å². The maximum absolute atomic E-state index is 12.6. The van der Waals surface area contributed by atoms with Crippen molar-refractivity contribution in [1.29, 1.82) is 0 Å². The van der Waals surface area contributed by atoms with Crippen molar-refractivity contribution in [2.24, 2.45) is 0 Å². The van der Waals surface area contributed by atoms with Crippen molar-refractivity contribution in [2.75, 3.05) is 0 Å². The standard InChI is InChI=1S/C18H16BrN3OS/c1-11(13-7-3-4-8-14(13)19)21-17(23)16-12(2)22-18(24-16)15-9-5-6-10-20-15/h3-11H,1-2H3,(H,21,23)/t11-/m1/s1. The van der Waals surface area contributed by atoms with Gasteiger partial charge in [-0.2, -0.15) is 0 Å². The van der Waals surface area contributed by atoms with E-state index in [1.807, 2.05) is 56.3 Å². The van der Waals surface area contributed by atoms with E-state index in [1.54, 1.807) is 6.20 Å². The van der Waals surface area contributed by atoms with Crippen molar-refractivity contribution in [3.05, 3.63) is 69.3 Å². The number of thiazole rings is 1. The lowest BCUT2D eigenvalue weighted by molar-refractivity contribution is 0.0943. The fourth-order valence-electron chi connectivity index (χ4n) is 2.37. The van der Waals surface area contributed by atoms with Crippen molar-refractivity contribution < 1.29 is 4.79 Å². The Kier molecular flexibility index (Phi) is 5.06. The Morgan fingerprint density at radius 3 is 2.67 bits per heavy atom. The van der Waals surface area contributed by atoms with E-state index in [2.05, 4.69) is 31.2 Å². The van der Waals surface area contributed by atoms with Gasteiger partial charge in [-0.1, -0.05) is 40.2 Å². The minimum atomic E-state index is -0.115. The zero-order chi connectivity index (χ0) is 17.1. The number of pyridine rings is 1. The summed E-state index contributed by atoms with van der Waals surface area (Å²) in [5.41, 5.74) is 2.54. The lowest BCUT2D eigenvalue weighted by atomic mass is 10.1. The van der Waals surface area contributed by atoms with E-state index in [1.165, 1.54) is 11.3 Å². The van der Waals surface area contributed by atoms with Crippen molar-refractivity contribution in [3.63, 3.8) is 0 Å². The van der Waals surface area contributed by atoms with Crippen LogP contribution in [0.25, 0.3) is 10.7 Å². The number of carbonyl (C=O) groups is 1. The van der Waals surface area contributed by atoms with Gasteiger partial charge in [0.15, 0.2) is 0 Å². The Morgan fingerprint density at radius 1 is 1.21 bits per heavy atom. The van der Waals surface area contributed by atoms with Crippen LogP contribution in [0.1, 0.15) is 33.9 Å². The smallest absolute Gasteiger partial charge is 0.263 e. The van der Waals surface area contributed by atoms with Crippen LogP contribution in [0.15, 0.2) is 53.1 Å². The van der Waals surface area contributed by atoms with Gasteiger partial charge in [0.05, 0.1) is 17.4 Å². The monoisotopic (exact) mass is 401 g/mol. The molecule has 0 aliphatic heterocycles. The molecule has 0 aliphatic carbocycles. The van der Waals surface area contributed by atoms with Crippen molar-refractivity contribution in [2.45, 2.75) is 19.9 Å². The van der Waals surface area contributed by atoms with Crippen LogP contribution in [0, 0.1) is 6.92 Å². The first-order valence-corrected chi connectivity index (χ1v) is 9.11. The third-order valence-electron chi connectivity index (χ3n) is 3.61. The van der Waals surface area contributed by atoms with Crippen LogP contribution in [0.3, 0.4) is 0 Å². The van der Waals surface area contributed by atoms with Crippen LogP contribution in [-0.4, -0.2) is 15.9 Å². The van der Waals surface area contributed by atoms with Crippen LogP contribution in [0.2, 0.25) is 0 Å². The summed E-state index contributed by atoms with van der Waals surface area (Å²) in [6, 6.07) is 13.4. The molecule has 0 saturated carbocycles. The topological polar surface area (TPSA) is 54.9 Å². The molecule has 0 radical (unpaired) electrons. The van der Waals surface area contributed by atoms with E-state index < -0.39 is 0 Å². The largest absolute Gasteiger partial charge is 0.345 e. The SMILES string of the molecule is Cc1nc(-c2ccccn2)sc1C(=O)N[C@H](C)c1ccccc1Br. The first-order valence-electron chi connectivity index (χ1n) is 7.50. The molecule has 0 fully saturated rings. The van der Waals surface area contributed by atoms with Gasteiger partial charge in [0.2, 0.25) is 0 Å². The number of rotatable bonds is 4. The van der Waals surface area contributed by atoms with Crippen LogP contribution >= 0.6 is 27.3 Å². The summed E-state index contributed by atoms with van der Waals surface area (Å²) < 4.78 is 0.980. The lowest BCUT2D eigenvalue weighted by Gasteiger charge is -2.15. The molecule has 122 valence electrons. The molecule has 4 nitrogen and oxygen atoms in total. The van der Waals surface area contributed by atoms with E-state index in [0.717, 1.165) is 26.4 Å². The number of aryl methyl sites for hydroxylation is 1. The molecular formula is C18H16BrN3OS. The van der Waals surface area contributed by atoms with Crippen LogP contribution in [-0.2, 0) is 0 Å². The van der Waals surface area contributed by atoms with E-state index in [4.69, 9.17) is 0 Å². The van der Waals surface area contributed by atoms with Crippen LogP contribution in [0.5, 0.6) is 0 Å². The van der Waals surface area contributed by atoms with Gasteiger partial charge >= 0.3 is 0 Å². The summed E-state index contributed by atoms with van der Waals surface area (Å²) >= 11 is 4.89. The third-order valence-corrected chi connectivity index (χ3v) is 5.51. The summed E-state index contributed by atoms with van der Waals surface area (Å²) in [6.07, 6.45) is 1.72. The van der Waals surface area contributed by atoms with Crippen molar-refractivity contribution in [1.82, 2.24) is 15.3 Å². The van der Waals surface area contributed by atoms with Gasteiger partial charge in [-0.05, 0) is 37.6 Å². The molecule has 0 bridgehead atoms. The highest BCUT2D eigenvalue weighted by Gasteiger charge is 2.19. The van der Waals surface area contributed by atoms with Crippen molar-refractivity contribution >= 4 is 33.2 Å². The van der Waals surface area contributed by atoms with Gasteiger partial charge in [0, 0.05) is 10.7 Å². The number of hydrogen-bond acceptors (Lipinski definition) is 4. The van der Waals surface area contributed by atoms with Gasteiger partial charge in [0.1, 0.15) is 9.88 Å². The van der Waals surface area contributed by atoms with Gasteiger partial charge in [-0.3, -0.25) is 9.78 Å². The van der Waals surface area contributed by atoms with E-state index >= 15 is 0 Å². The number of aromatic nitrogens is 2. The summed E-state index contributed by atoms with van der Waals surface area (Å²) in [5.74, 6) is -0.115. The Hall–Kier alpha value is -2.05. The molecular weight excluding hydrogens is 386 g/mol. The first-order chi connectivity index (χ1) is 11.6. The summed E-state index contributed by atoms with van der Waals surface area (Å²) in [6.45, 7) is 3.81. The fraction of sp³-hybridized carbons (Fsp3) is 0.167. The summed E-state index contributed by atoms with van der Waals surface area (Å²) in [4.78, 5) is 22.0. The van der Waals surface area contributed by atoms with Gasteiger partial charge in [0.25, 0.3) is 5.91 Å². The Bertz CT molecular complexity index is 864. The average molecular weight is 402 g/mol. The van der Waals surface area contributed by atoms with Gasteiger partial charge in [-0.15, -0.1) is 11.3 Å². The summed E-state index contributed by atoms with van der Waals surface area (Å²) in [5, 5.41) is 3.80. The van der Waals surface area contributed by atoms with E-state index in [9.17, 15) is 4.79 Å². The van der Waals surface area contributed by atoms with E-state index in [0.29, 0.717) is 4.88 Å². The zero-order valence-corrected chi connectivity index (χ0v) is 15.7. The first kappa shape index (κ1) is 16.8. The normalized spacial score (nSPS) is 12.0. The second-order valence-electron chi connectivity index (χ2n) is 5.37. The number of nitrogens with zero attached hydrogens (tertiary/aromatic N) is 2. The van der Waals surface area contributed by atoms with Crippen LogP contribution in [0.4, 0.5) is 0 Å². The molecule has 0 aliphatic rings. The maximum atomic E-state index is 12.6. The molecule has 3 rings (SSSR count). The second kappa shape index (κ2) is 7.23. The number of nitrogens with one attached hydrogen (secondary N) is 1. The molecule has 24 heavy (non-hydrogen) atoms. The molecule has 2 aromatic heterocycles. The van der Waals surface area contributed by atoms with E-state index in [-0.39, 0.29) is 11.9 Å². The predicted octanol–water partition coefficient (Wildman–Crippen LogP) is 4.77. The number of halogens is 1. The maximum Gasteiger partial charge on any atom is 0.263 e. The molecule has 0 saturated heterocycles. The number of amides is 1. The predicted molar refractivity (Wildman–Crippen MR) is 100 cm³/mol. The molecule has 2 heterocycles. The molecule has 0 spiro atoms. The zero-order valence-electron chi connectivity index (χ0n) is 13.3. The Labute approximate surface area is 153 Å². The highest BCUT2D eigenvalue weighted by atomic mass is 79.9. The van der Waals surface area contributed by atoms with Crippen molar-refractivity contribution in [3.8, 4) is 10.7 Å². The molecule has 1 aromatic carbocycles. The van der Waals surface area contributed by atoms with Crippen LogP contribution < -0.4 is 5.32 Å². The second-order valence-corrected chi connectivity index (χ2v) is 7.22. The molecule has 3 aromatic rings. The summed E-state index contributed by atoms with van der Waals surface area (Å²) in [7, 11) is 0. The Balaban J connectivity index is 1.81. The van der Waals surface area contributed by atoms with Gasteiger partial charge < -0.3 is 5.32 Å². The fourth-order valence-corrected chi connectivity index (χ4v) is 3.95. The number of benzene rings is 1. The molecule has 1 atom stereocenters. The average Bonchev–Trinajstić information content (AvgIpc) is 2.98.